The second-order valence-corrected chi connectivity index (χ2v) is 6.31. The maximum atomic E-state index is 4.57. The fraction of sp³-hybridized carbons (Fsp3) is 0.688. The van der Waals surface area contributed by atoms with Crippen molar-refractivity contribution in [2.45, 2.75) is 58.8 Å². The molecular weight excluding hydrogens is 248 g/mol. The molecule has 0 spiro atoms. The van der Waals surface area contributed by atoms with Gasteiger partial charge in [0.05, 0.1) is 0 Å². The predicted octanol–water partition coefficient (Wildman–Crippen LogP) is 3.85. The fourth-order valence-electron chi connectivity index (χ4n) is 3.70. The summed E-state index contributed by atoms with van der Waals surface area (Å²) in [5.41, 5.74) is 6.32. The number of aromatic nitrogens is 2. The van der Waals surface area contributed by atoms with Gasteiger partial charge in [-0.15, -0.1) is 0 Å². The van der Waals surface area contributed by atoms with Crippen LogP contribution in [0.1, 0.15) is 56.3 Å². The molecule has 0 unspecified atom stereocenters. The summed E-state index contributed by atoms with van der Waals surface area (Å²) in [7, 11) is 0. The van der Waals surface area contributed by atoms with Crippen LogP contribution in [0.5, 0.6) is 0 Å². The van der Waals surface area contributed by atoms with E-state index in [0.717, 1.165) is 29.6 Å². The lowest BCUT2D eigenvalue weighted by atomic mass is 9.70. The number of fused-ring (bicyclic) bond motifs is 1. The van der Waals surface area contributed by atoms with Crippen LogP contribution in [-0.2, 0) is 0 Å². The maximum Gasteiger partial charge on any atom is 0.243 e. The Kier molecular flexibility index (Phi) is 3.99. The van der Waals surface area contributed by atoms with Crippen molar-refractivity contribution in [3.8, 4) is 0 Å². The largest absolute Gasteiger partial charge is 0.245 e. The Balaban J connectivity index is 1.64. The molecule has 1 aromatic heterocycles. The highest BCUT2D eigenvalue weighted by molar-refractivity contribution is 5.86. The summed E-state index contributed by atoms with van der Waals surface area (Å²) >= 11 is 0. The number of hydrazone groups is 1. The Morgan fingerprint density at radius 1 is 1.05 bits per heavy atom. The van der Waals surface area contributed by atoms with Crippen molar-refractivity contribution in [3.63, 3.8) is 0 Å². The Hall–Kier alpha value is -1.45. The molecule has 1 heterocycles. The minimum Gasteiger partial charge on any atom is -0.245 e. The van der Waals surface area contributed by atoms with Gasteiger partial charge in [-0.25, -0.2) is 15.4 Å². The molecule has 108 valence electrons. The maximum absolute atomic E-state index is 4.57. The van der Waals surface area contributed by atoms with Gasteiger partial charge in [0.1, 0.15) is 0 Å². The first kappa shape index (κ1) is 13.5. The normalized spacial score (nSPS) is 28.2. The van der Waals surface area contributed by atoms with Crippen molar-refractivity contribution in [3.05, 3.63) is 17.5 Å². The Labute approximate surface area is 121 Å². The third-order valence-electron chi connectivity index (χ3n) is 4.66. The zero-order valence-corrected chi connectivity index (χ0v) is 12.5. The van der Waals surface area contributed by atoms with Crippen molar-refractivity contribution in [2.75, 3.05) is 5.43 Å². The first-order chi connectivity index (χ1) is 9.70. The van der Waals surface area contributed by atoms with Gasteiger partial charge in [-0.3, -0.25) is 0 Å². The molecule has 3 rings (SSSR count). The van der Waals surface area contributed by atoms with Crippen LogP contribution >= 0.6 is 0 Å². The molecule has 0 aliphatic heterocycles. The van der Waals surface area contributed by atoms with Gasteiger partial charge in [0, 0.05) is 17.1 Å². The number of nitrogens with zero attached hydrogens (tertiary/aromatic N) is 3. The third kappa shape index (κ3) is 3.17. The van der Waals surface area contributed by atoms with E-state index >= 15 is 0 Å². The molecule has 20 heavy (non-hydrogen) atoms. The minimum atomic E-state index is 0.626. The molecule has 2 aliphatic rings. The molecular formula is C16H24N4. The van der Waals surface area contributed by atoms with Gasteiger partial charge in [-0.1, -0.05) is 19.3 Å². The van der Waals surface area contributed by atoms with Crippen LogP contribution in [0, 0.1) is 25.7 Å². The summed E-state index contributed by atoms with van der Waals surface area (Å²) in [5.74, 6) is 2.46. The molecule has 1 aromatic rings. The van der Waals surface area contributed by atoms with Crippen LogP contribution in [0.25, 0.3) is 0 Å². The fourth-order valence-corrected chi connectivity index (χ4v) is 3.70. The van der Waals surface area contributed by atoms with Crippen molar-refractivity contribution in [1.82, 2.24) is 9.97 Å². The molecule has 4 nitrogen and oxygen atoms in total. The van der Waals surface area contributed by atoms with E-state index in [1.165, 1.54) is 44.2 Å². The summed E-state index contributed by atoms with van der Waals surface area (Å²) in [6.45, 7) is 3.97. The van der Waals surface area contributed by atoms with Gasteiger partial charge < -0.3 is 0 Å². The van der Waals surface area contributed by atoms with Crippen molar-refractivity contribution < 1.29 is 0 Å². The predicted molar refractivity (Wildman–Crippen MR) is 81.9 cm³/mol. The molecule has 2 atom stereocenters. The zero-order valence-electron chi connectivity index (χ0n) is 12.5. The van der Waals surface area contributed by atoms with E-state index in [4.69, 9.17) is 0 Å². The second-order valence-electron chi connectivity index (χ2n) is 6.31. The smallest absolute Gasteiger partial charge is 0.243 e. The SMILES string of the molecule is Cc1cc(C)nc(N/N=C2\CC[C@H]3CCCC[C@@H]3C2)n1. The third-order valence-corrected chi connectivity index (χ3v) is 4.66. The molecule has 1 N–H and O–H groups in total. The van der Waals surface area contributed by atoms with Gasteiger partial charge in [0.25, 0.3) is 0 Å². The average molecular weight is 272 g/mol. The number of aryl methyl sites for hydroxylation is 2. The van der Waals surface area contributed by atoms with Gasteiger partial charge >= 0.3 is 0 Å². The van der Waals surface area contributed by atoms with Crippen LogP contribution in [0.3, 0.4) is 0 Å². The summed E-state index contributed by atoms with van der Waals surface area (Å²) in [6.07, 6.45) is 9.29. The van der Waals surface area contributed by atoms with Crippen LogP contribution in [0.15, 0.2) is 11.2 Å². The molecule has 2 aliphatic carbocycles. The first-order valence-corrected chi connectivity index (χ1v) is 7.84. The van der Waals surface area contributed by atoms with Gasteiger partial charge in [-0.2, -0.15) is 5.10 Å². The van der Waals surface area contributed by atoms with Crippen molar-refractivity contribution in [1.29, 1.82) is 0 Å². The lowest BCUT2D eigenvalue weighted by molar-refractivity contribution is 0.218. The molecule has 0 radical (unpaired) electrons. The Morgan fingerprint density at radius 2 is 1.75 bits per heavy atom. The lowest BCUT2D eigenvalue weighted by Gasteiger charge is -2.35. The Morgan fingerprint density at radius 3 is 2.50 bits per heavy atom. The molecule has 0 saturated heterocycles. The number of hydrogen-bond acceptors (Lipinski definition) is 4. The van der Waals surface area contributed by atoms with E-state index < -0.39 is 0 Å². The van der Waals surface area contributed by atoms with Crippen LogP contribution in [-0.4, -0.2) is 15.7 Å². The van der Waals surface area contributed by atoms with E-state index in [9.17, 15) is 0 Å². The van der Waals surface area contributed by atoms with E-state index in [1.807, 2.05) is 19.9 Å². The molecule has 0 bridgehead atoms. The summed E-state index contributed by atoms with van der Waals surface area (Å²) in [4.78, 5) is 8.74. The standard InChI is InChI=1S/C16H24N4/c1-11-9-12(2)18-16(17-11)20-19-15-8-7-13-5-3-4-6-14(13)10-15/h9,13-14H,3-8,10H2,1-2H3,(H,17,18,20)/b19-15+/t13-,14-/m1/s1. The summed E-state index contributed by atoms with van der Waals surface area (Å²) in [6, 6.07) is 1.98. The molecule has 2 saturated carbocycles. The molecule has 0 aromatic carbocycles. The monoisotopic (exact) mass is 272 g/mol. The summed E-state index contributed by atoms with van der Waals surface area (Å²) in [5, 5.41) is 4.57. The van der Waals surface area contributed by atoms with Crippen molar-refractivity contribution >= 4 is 11.7 Å². The number of hydrogen-bond donors (Lipinski definition) is 1. The summed E-state index contributed by atoms with van der Waals surface area (Å²) < 4.78 is 0. The second kappa shape index (κ2) is 5.90. The highest BCUT2D eigenvalue weighted by atomic mass is 15.4. The molecule has 4 heteroatoms. The number of rotatable bonds is 2. The zero-order chi connectivity index (χ0) is 13.9. The Bertz CT molecular complexity index is 489. The highest BCUT2D eigenvalue weighted by Crippen LogP contribution is 2.39. The molecule has 2 fully saturated rings. The van der Waals surface area contributed by atoms with E-state index in [-0.39, 0.29) is 0 Å². The molecule has 0 amide bonds. The van der Waals surface area contributed by atoms with Crippen LogP contribution in [0.2, 0.25) is 0 Å². The lowest BCUT2D eigenvalue weighted by Crippen LogP contribution is -2.28. The number of nitrogens with one attached hydrogen (secondary N) is 1. The number of anilines is 1. The van der Waals surface area contributed by atoms with Gasteiger partial charge in [-0.05, 0) is 57.4 Å². The average Bonchev–Trinajstić information content (AvgIpc) is 2.44. The van der Waals surface area contributed by atoms with E-state index in [2.05, 4.69) is 20.5 Å². The van der Waals surface area contributed by atoms with Gasteiger partial charge in [0.15, 0.2) is 0 Å². The van der Waals surface area contributed by atoms with E-state index in [1.54, 1.807) is 0 Å². The quantitative estimate of drug-likeness (QED) is 0.832. The van der Waals surface area contributed by atoms with E-state index in [0.29, 0.717) is 5.95 Å². The van der Waals surface area contributed by atoms with Crippen molar-refractivity contribution in [2.24, 2.45) is 16.9 Å². The van der Waals surface area contributed by atoms with Crippen LogP contribution in [0.4, 0.5) is 5.95 Å². The van der Waals surface area contributed by atoms with Gasteiger partial charge in [0.2, 0.25) is 5.95 Å². The first-order valence-electron chi connectivity index (χ1n) is 7.84. The highest BCUT2D eigenvalue weighted by Gasteiger charge is 2.30. The minimum absolute atomic E-state index is 0.626. The van der Waals surface area contributed by atoms with Crippen LogP contribution < -0.4 is 5.43 Å². The topological polar surface area (TPSA) is 50.2 Å².